The van der Waals surface area contributed by atoms with E-state index < -0.39 is 0 Å². The third kappa shape index (κ3) is 4.08. The van der Waals surface area contributed by atoms with Crippen molar-refractivity contribution in [3.05, 3.63) is 28.8 Å². The van der Waals surface area contributed by atoms with Gasteiger partial charge in [0.05, 0.1) is 13.0 Å². The topological polar surface area (TPSA) is 64.3 Å². The average Bonchev–Trinajstić information content (AvgIpc) is 2.21. The van der Waals surface area contributed by atoms with Gasteiger partial charge < -0.3 is 15.8 Å². The molecule has 0 aromatic heterocycles. The zero-order chi connectivity index (χ0) is 12.0. The van der Waals surface area contributed by atoms with Crippen LogP contribution < -0.4 is 15.8 Å². The van der Waals surface area contributed by atoms with Crippen LogP contribution in [-0.4, -0.2) is 19.6 Å². The summed E-state index contributed by atoms with van der Waals surface area (Å²) >= 11 is 5.88. The maximum absolute atomic E-state index is 10.6. The molecule has 0 saturated heterocycles. The molecule has 1 amide bonds. The number of rotatable bonds is 6. The summed E-state index contributed by atoms with van der Waals surface area (Å²) in [7, 11) is 1.84. The van der Waals surface area contributed by atoms with Crippen LogP contribution in [-0.2, 0) is 11.3 Å². The van der Waals surface area contributed by atoms with Crippen molar-refractivity contribution < 1.29 is 9.53 Å². The van der Waals surface area contributed by atoms with Crippen LogP contribution >= 0.6 is 11.6 Å². The number of amides is 1. The van der Waals surface area contributed by atoms with Gasteiger partial charge >= 0.3 is 0 Å². The van der Waals surface area contributed by atoms with E-state index in [-0.39, 0.29) is 18.9 Å². The monoisotopic (exact) mass is 242 g/mol. The summed E-state index contributed by atoms with van der Waals surface area (Å²) in [4.78, 5) is 10.6. The van der Waals surface area contributed by atoms with Crippen LogP contribution in [0.15, 0.2) is 18.2 Å². The zero-order valence-electron chi connectivity index (χ0n) is 9.13. The maximum Gasteiger partial charge on any atom is 0.220 e. The SMILES string of the molecule is CNCc1cc(Cl)ccc1OCCC(N)=O. The molecule has 1 aromatic rings. The second kappa shape index (κ2) is 6.35. The molecule has 0 aliphatic heterocycles. The number of carbonyl (C=O) groups is 1. The molecule has 0 heterocycles. The Balaban J connectivity index is 2.66. The molecule has 88 valence electrons. The minimum absolute atomic E-state index is 0.210. The Bertz CT molecular complexity index is 369. The molecule has 1 rings (SSSR count). The second-order valence-electron chi connectivity index (χ2n) is 3.35. The number of hydrogen-bond donors (Lipinski definition) is 2. The standard InChI is InChI=1S/C11H15ClN2O2/c1-14-7-8-6-9(12)2-3-10(8)16-5-4-11(13)15/h2-3,6,14H,4-5,7H2,1H3,(H2,13,15). The lowest BCUT2D eigenvalue weighted by Crippen LogP contribution is -2.15. The van der Waals surface area contributed by atoms with Gasteiger partial charge in [0.25, 0.3) is 0 Å². The molecule has 0 fully saturated rings. The van der Waals surface area contributed by atoms with Gasteiger partial charge in [-0.3, -0.25) is 4.79 Å². The van der Waals surface area contributed by atoms with E-state index in [4.69, 9.17) is 22.1 Å². The van der Waals surface area contributed by atoms with Gasteiger partial charge in [0, 0.05) is 17.1 Å². The fourth-order valence-corrected chi connectivity index (χ4v) is 1.47. The highest BCUT2D eigenvalue weighted by Crippen LogP contribution is 2.22. The van der Waals surface area contributed by atoms with Crippen molar-refractivity contribution in [1.29, 1.82) is 0 Å². The zero-order valence-corrected chi connectivity index (χ0v) is 9.88. The molecular weight excluding hydrogens is 228 g/mol. The van der Waals surface area contributed by atoms with Crippen LogP contribution in [0.5, 0.6) is 5.75 Å². The molecule has 4 nitrogen and oxygen atoms in total. The Kier molecular flexibility index (Phi) is 5.08. The number of hydrogen-bond acceptors (Lipinski definition) is 3. The van der Waals surface area contributed by atoms with Crippen molar-refractivity contribution in [3.63, 3.8) is 0 Å². The Morgan fingerprint density at radius 1 is 1.56 bits per heavy atom. The summed E-state index contributed by atoms with van der Waals surface area (Å²) < 4.78 is 5.46. The van der Waals surface area contributed by atoms with E-state index in [0.29, 0.717) is 11.6 Å². The molecule has 0 bridgehead atoms. The Morgan fingerprint density at radius 2 is 2.31 bits per heavy atom. The lowest BCUT2D eigenvalue weighted by molar-refractivity contribution is -0.118. The number of halogens is 1. The summed E-state index contributed by atoms with van der Waals surface area (Å²) in [6.07, 6.45) is 0.210. The first-order valence-corrected chi connectivity index (χ1v) is 5.35. The molecule has 5 heteroatoms. The van der Waals surface area contributed by atoms with Crippen LogP contribution in [0.3, 0.4) is 0 Å². The molecule has 16 heavy (non-hydrogen) atoms. The first-order chi connectivity index (χ1) is 7.63. The quantitative estimate of drug-likeness (QED) is 0.791. The normalized spacial score (nSPS) is 10.1. The van der Waals surface area contributed by atoms with Crippen LogP contribution in [0.25, 0.3) is 0 Å². The molecule has 0 aliphatic rings. The Hall–Kier alpha value is -1.26. The van der Waals surface area contributed by atoms with Crippen LogP contribution in [0.4, 0.5) is 0 Å². The highest BCUT2D eigenvalue weighted by Gasteiger charge is 2.04. The third-order valence-electron chi connectivity index (χ3n) is 2.00. The van der Waals surface area contributed by atoms with Crippen molar-refractivity contribution in [2.45, 2.75) is 13.0 Å². The third-order valence-corrected chi connectivity index (χ3v) is 2.23. The molecular formula is C11H15ClN2O2. The van der Waals surface area contributed by atoms with Gasteiger partial charge in [-0.25, -0.2) is 0 Å². The maximum atomic E-state index is 10.6. The van der Waals surface area contributed by atoms with Gasteiger partial charge in [0.15, 0.2) is 0 Å². The Labute approximate surface area is 99.7 Å². The number of nitrogens with one attached hydrogen (secondary N) is 1. The molecule has 0 saturated carbocycles. The minimum Gasteiger partial charge on any atom is -0.493 e. The fraction of sp³-hybridized carbons (Fsp3) is 0.364. The van der Waals surface area contributed by atoms with Gasteiger partial charge in [0.2, 0.25) is 5.91 Å². The molecule has 0 radical (unpaired) electrons. The number of carbonyl (C=O) groups excluding carboxylic acids is 1. The van der Waals surface area contributed by atoms with Gasteiger partial charge in [0.1, 0.15) is 5.75 Å². The van der Waals surface area contributed by atoms with Crippen molar-refractivity contribution in [2.75, 3.05) is 13.7 Å². The van der Waals surface area contributed by atoms with E-state index in [0.717, 1.165) is 11.3 Å². The smallest absolute Gasteiger partial charge is 0.220 e. The predicted molar refractivity (Wildman–Crippen MR) is 63.5 cm³/mol. The summed E-state index contributed by atoms with van der Waals surface area (Å²) in [6.45, 7) is 0.945. The summed E-state index contributed by atoms with van der Waals surface area (Å²) in [6, 6.07) is 5.37. The summed E-state index contributed by atoms with van der Waals surface area (Å²) in [5, 5.41) is 3.68. The van der Waals surface area contributed by atoms with E-state index in [2.05, 4.69) is 5.32 Å². The molecule has 0 aliphatic carbocycles. The van der Waals surface area contributed by atoms with Crippen molar-refractivity contribution in [1.82, 2.24) is 5.32 Å². The van der Waals surface area contributed by atoms with Gasteiger partial charge in [-0.2, -0.15) is 0 Å². The summed E-state index contributed by atoms with van der Waals surface area (Å²) in [5.74, 6) is 0.351. The van der Waals surface area contributed by atoms with E-state index in [9.17, 15) is 4.79 Å². The minimum atomic E-state index is -0.371. The Morgan fingerprint density at radius 3 is 2.94 bits per heavy atom. The van der Waals surface area contributed by atoms with Crippen LogP contribution in [0.1, 0.15) is 12.0 Å². The van der Waals surface area contributed by atoms with Gasteiger partial charge in [-0.1, -0.05) is 11.6 Å². The highest BCUT2D eigenvalue weighted by molar-refractivity contribution is 6.30. The van der Waals surface area contributed by atoms with Gasteiger partial charge in [-0.15, -0.1) is 0 Å². The molecule has 1 aromatic carbocycles. The lowest BCUT2D eigenvalue weighted by atomic mass is 10.2. The number of primary amides is 1. The number of benzene rings is 1. The lowest BCUT2D eigenvalue weighted by Gasteiger charge is -2.11. The molecule has 0 spiro atoms. The number of ether oxygens (including phenoxy) is 1. The van der Waals surface area contributed by atoms with E-state index in [1.165, 1.54) is 0 Å². The van der Waals surface area contributed by atoms with Gasteiger partial charge in [-0.05, 0) is 25.2 Å². The average molecular weight is 243 g/mol. The van der Waals surface area contributed by atoms with Crippen LogP contribution in [0.2, 0.25) is 5.02 Å². The van der Waals surface area contributed by atoms with Crippen molar-refractivity contribution in [2.24, 2.45) is 5.73 Å². The summed E-state index contributed by atoms with van der Waals surface area (Å²) in [5.41, 5.74) is 5.98. The predicted octanol–water partition coefficient (Wildman–Crippen LogP) is 1.31. The largest absolute Gasteiger partial charge is 0.493 e. The number of nitrogens with two attached hydrogens (primary N) is 1. The van der Waals surface area contributed by atoms with Crippen LogP contribution in [0, 0.1) is 0 Å². The fourth-order valence-electron chi connectivity index (χ4n) is 1.28. The van der Waals surface area contributed by atoms with E-state index >= 15 is 0 Å². The molecule has 0 unspecified atom stereocenters. The molecule has 3 N–H and O–H groups in total. The van der Waals surface area contributed by atoms with Crippen molar-refractivity contribution in [3.8, 4) is 5.75 Å². The highest BCUT2D eigenvalue weighted by atomic mass is 35.5. The van der Waals surface area contributed by atoms with Crippen molar-refractivity contribution >= 4 is 17.5 Å². The molecule has 0 atom stereocenters. The van der Waals surface area contributed by atoms with E-state index in [1.54, 1.807) is 12.1 Å². The first kappa shape index (κ1) is 12.8. The second-order valence-corrected chi connectivity index (χ2v) is 3.78. The first-order valence-electron chi connectivity index (χ1n) is 4.97. The van der Waals surface area contributed by atoms with E-state index in [1.807, 2.05) is 13.1 Å².